The van der Waals surface area contributed by atoms with Crippen molar-refractivity contribution in [2.24, 2.45) is 0 Å². The van der Waals surface area contributed by atoms with Crippen molar-refractivity contribution in [1.82, 2.24) is 4.98 Å². The molecule has 0 unspecified atom stereocenters. The lowest BCUT2D eigenvalue weighted by Gasteiger charge is -2.13. The Bertz CT molecular complexity index is 730. The van der Waals surface area contributed by atoms with E-state index in [2.05, 4.69) is 16.4 Å². The van der Waals surface area contributed by atoms with E-state index in [-0.39, 0.29) is 0 Å². The van der Waals surface area contributed by atoms with Crippen molar-refractivity contribution in [1.29, 1.82) is 0 Å². The van der Waals surface area contributed by atoms with Gasteiger partial charge in [-0.1, -0.05) is 12.1 Å². The molecule has 0 aliphatic rings. The van der Waals surface area contributed by atoms with Gasteiger partial charge in [0, 0.05) is 28.6 Å². The molecule has 3 N–H and O–H groups in total. The van der Waals surface area contributed by atoms with Crippen LogP contribution in [0.15, 0.2) is 54.7 Å². The molecule has 0 bridgehead atoms. The summed E-state index contributed by atoms with van der Waals surface area (Å²) in [6.07, 6.45) is 1.80. The number of nitrogens with two attached hydrogens (primary N) is 1. The molecular formula is C16H15N3. The van der Waals surface area contributed by atoms with E-state index in [1.165, 1.54) is 0 Å². The molecule has 0 aliphatic carbocycles. The number of nitrogens with zero attached hydrogens (tertiary/aromatic N) is 1. The van der Waals surface area contributed by atoms with Gasteiger partial charge in [0.05, 0.1) is 5.52 Å². The predicted octanol–water partition coefficient (Wildman–Crippen LogP) is 3.87. The van der Waals surface area contributed by atoms with Gasteiger partial charge in [-0.3, -0.25) is 4.98 Å². The van der Waals surface area contributed by atoms with Crippen LogP contribution in [0.25, 0.3) is 10.9 Å². The fraction of sp³-hybridized carbons (Fsp3) is 0.0625. The summed E-state index contributed by atoms with van der Waals surface area (Å²) in [5.41, 5.74) is 10.8. The van der Waals surface area contributed by atoms with Gasteiger partial charge in [0.15, 0.2) is 0 Å². The van der Waals surface area contributed by atoms with Crippen LogP contribution in [-0.2, 0) is 0 Å². The fourth-order valence-electron chi connectivity index (χ4n) is 2.15. The minimum absolute atomic E-state index is 0.795. The highest BCUT2D eigenvalue weighted by atomic mass is 14.9. The summed E-state index contributed by atoms with van der Waals surface area (Å²) in [6, 6.07) is 15.9. The Kier molecular flexibility index (Phi) is 2.80. The van der Waals surface area contributed by atoms with Gasteiger partial charge in [-0.2, -0.15) is 0 Å². The van der Waals surface area contributed by atoms with E-state index in [1.54, 1.807) is 6.20 Å². The molecule has 19 heavy (non-hydrogen) atoms. The van der Waals surface area contributed by atoms with Gasteiger partial charge in [-0.25, -0.2) is 0 Å². The molecule has 0 amide bonds. The minimum Gasteiger partial charge on any atom is -0.398 e. The Hall–Kier alpha value is -2.55. The number of nitrogens with one attached hydrogen (secondary N) is 1. The van der Waals surface area contributed by atoms with Gasteiger partial charge >= 0.3 is 0 Å². The van der Waals surface area contributed by atoms with Crippen molar-refractivity contribution in [3.63, 3.8) is 0 Å². The number of rotatable bonds is 2. The number of hydrogen-bond acceptors (Lipinski definition) is 3. The third kappa shape index (κ3) is 2.10. The molecule has 3 nitrogen and oxygen atoms in total. The lowest BCUT2D eigenvalue weighted by molar-refractivity contribution is 1.40. The zero-order valence-electron chi connectivity index (χ0n) is 10.7. The van der Waals surface area contributed by atoms with Crippen molar-refractivity contribution in [3.05, 3.63) is 60.3 Å². The lowest BCUT2D eigenvalue weighted by Crippen LogP contribution is -1.97. The van der Waals surface area contributed by atoms with Crippen molar-refractivity contribution in [2.75, 3.05) is 11.1 Å². The van der Waals surface area contributed by atoms with Crippen LogP contribution in [-0.4, -0.2) is 4.98 Å². The van der Waals surface area contributed by atoms with E-state index < -0.39 is 0 Å². The van der Waals surface area contributed by atoms with E-state index in [0.29, 0.717) is 0 Å². The molecule has 0 aliphatic heterocycles. The average molecular weight is 249 g/mol. The molecule has 0 atom stereocenters. The first-order chi connectivity index (χ1) is 9.25. The Balaban J connectivity index is 2.09. The first-order valence-corrected chi connectivity index (χ1v) is 6.21. The number of aromatic nitrogens is 1. The summed E-state index contributed by atoms with van der Waals surface area (Å²) in [5.74, 6) is 0. The molecule has 0 radical (unpaired) electrons. The summed E-state index contributed by atoms with van der Waals surface area (Å²) in [7, 11) is 0. The molecule has 0 spiro atoms. The predicted molar refractivity (Wildman–Crippen MR) is 80.6 cm³/mol. The number of benzene rings is 2. The number of pyridine rings is 1. The van der Waals surface area contributed by atoms with Crippen LogP contribution in [0.3, 0.4) is 0 Å². The van der Waals surface area contributed by atoms with Crippen LogP contribution in [0, 0.1) is 6.92 Å². The third-order valence-electron chi connectivity index (χ3n) is 3.29. The molecule has 94 valence electrons. The van der Waals surface area contributed by atoms with Gasteiger partial charge in [-0.05, 0) is 48.9 Å². The molecule has 3 heteroatoms. The van der Waals surface area contributed by atoms with Crippen molar-refractivity contribution >= 4 is 28.0 Å². The molecule has 0 fully saturated rings. The maximum absolute atomic E-state index is 5.93. The molecule has 1 aromatic heterocycles. The second-order valence-electron chi connectivity index (χ2n) is 4.52. The topological polar surface area (TPSA) is 50.9 Å². The van der Waals surface area contributed by atoms with Gasteiger partial charge in [-0.15, -0.1) is 0 Å². The van der Waals surface area contributed by atoms with Crippen LogP contribution in [0.4, 0.5) is 17.1 Å². The first kappa shape index (κ1) is 11.5. The Morgan fingerprint density at radius 2 is 1.74 bits per heavy atom. The van der Waals surface area contributed by atoms with E-state index in [9.17, 15) is 0 Å². The zero-order valence-corrected chi connectivity index (χ0v) is 10.7. The monoisotopic (exact) mass is 249 g/mol. The Morgan fingerprint density at radius 3 is 2.63 bits per heavy atom. The molecule has 0 saturated carbocycles. The van der Waals surface area contributed by atoms with Gasteiger partial charge < -0.3 is 11.1 Å². The van der Waals surface area contributed by atoms with E-state index in [1.807, 2.05) is 49.4 Å². The molecular weight excluding hydrogens is 234 g/mol. The fourth-order valence-corrected chi connectivity index (χ4v) is 2.15. The molecule has 3 aromatic rings. The Labute approximate surface area is 112 Å². The number of anilines is 3. The van der Waals surface area contributed by atoms with E-state index in [0.717, 1.165) is 33.5 Å². The lowest BCUT2D eigenvalue weighted by atomic mass is 10.1. The number of nitrogen functional groups attached to an aromatic ring is 1. The average Bonchev–Trinajstić information content (AvgIpc) is 2.44. The standard InChI is InChI=1S/C16H15N3/c1-11-13(17)6-2-7-14(11)19-16-9-3-8-15-12(16)5-4-10-18-15/h2-10,19H,17H2,1H3. The molecule has 0 saturated heterocycles. The van der Waals surface area contributed by atoms with Crippen LogP contribution in [0.5, 0.6) is 0 Å². The van der Waals surface area contributed by atoms with Crippen LogP contribution in [0.1, 0.15) is 5.56 Å². The minimum atomic E-state index is 0.795. The SMILES string of the molecule is Cc1c(N)cccc1Nc1cccc2ncccc12. The second-order valence-corrected chi connectivity index (χ2v) is 4.52. The summed E-state index contributed by atoms with van der Waals surface area (Å²) in [5, 5.41) is 4.54. The summed E-state index contributed by atoms with van der Waals surface area (Å²) in [6.45, 7) is 2.01. The first-order valence-electron chi connectivity index (χ1n) is 6.21. The maximum atomic E-state index is 5.93. The quantitative estimate of drug-likeness (QED) is 0.678. The highest BCUT2D eigenvalue weighted by molar-refractivity contribution is 5.93. The van der Waals surface area contributed by atoms with Gasteiger partial charge in [0.25, 0.3) is 0 Å². The number of hydrogen-bond donors (Lipinski definition) is 2. The molecule has 1 heterocycles. The largest absolute Gasteiger partial charge is 0.398 e. The van der Waals surface area contributed by atoms with Crippen LogP contribution in [0.2, 0.25) is 0 Å². The van der Waals surface area contributed by atoms with Gasteiger partial charge in [0.2, 0.25) is 0 Å². The molecule has 3 rings (SSSR count). The summed E-state index contributed by atoms with van der Waals surface area (Å²) < 4.78 is 0. The normalized spacial score (nSPS) is 10.6. The second kappa shape index (κ2) is 4.61. The summed E-state index contributed by atoms with van der Waals surface area (Å²) in [4.78, 5) is 4.36. The highest BCUT2D eigenvalue weighted by Gasteiger charge is 2.04. The van der Waals surface area contributed by atoms with Crippen LogP contribution < -0.4 is 11.1 Å². The molecule has 2 aromatic carbocycles. The highest BCUT2D eigenvalue weighted by Crippen LogP contribution is 2.28. The Morgan fingerprint density at radius 1 is 0.947 bits per heavy atom. The van der Waals surface area contributed by atoms with E-state index >= 15 is 0 Å². The third-order valence-corrected chi connectivity index (χ3v) is 3.29. The van der Waals surface area contributed by atoms with Crippen molar-refractivity contribution in [2.45, 2.75) is 6.92 Å². The maximum Gasteiger partial charge on any atom is 0.0722 e. The summed E-state index contributed by atoms with van der Waals surface area (Å²) >= 11 is 0. The van der Waals surface area contributed by atoms with Crippen molar-refractivity contribution < 1.29 is 0 Å². The van der Waals surface area contributed by atoms with E-state index in [4.69, 9.17) is 5.73 Å². The van der Waals surface area contributed by atoms with Gasteiger partial charge in [0.1, 0.15) is 0 Å². The van der Waals surface area contributed by atoms with Crippen molar-refractivity contribution in [3.8, 4) is 0 Å². The smallest absolute Gasteiger partial charge is 0.0722 e. The number of fused-ring (bicyclic) bond motifs is 1. The zero-order chi connectivity index (χ0) is 13.2. The van der Waals surface area contributed by atoms with Crippen LogP contribution >= 0.6 is 0 Å².